The molecule has 0 amide bonds. The number of fused-ring (bicyclic) bond motifs is 1. The molecule has 1 saturated carbocycles. The van der Waals surface area contributed by atoms with Crippen LogP contribution in [0.5, 0.6) is 0 Å². The van der Waals surface area contributed by atoms with Gasteiger partial charge in [-0.2, -0.15) is 0 Å². The number of nitrogens with one attached hydrogen (secondary N) is 1. The minimum Gasteiger partial charge on any atom is -0.310 e. The second kappa shape index (κ2) is 6.25. The molecule has 102 valence electrons. The number of thiophene rings is 1. The molecule has 0 aliphatic heterocycles. The average molecular weight is 294 g/mol. The summed E-state index contributed by atoms with van der Waals surface area (Å²) in [5, 5.41) is 7.43. The van der Waals surface area contributed by atoms with E-state index in [9.17, 15) is 0 Å². The fraction of sp³-hybridized carbons (Fsp3) is 0.500. The van der Waals surface area contributed by atoms with E-state index in [1.54, 1.807) is 0 Å². The molecule has 1 aliphatic rings. The van der Waals surface area contributed by atoms with Crippen molar-refractivity contribution in [1.82, 2.24) is 5.32 Å². The van der Waals surface area contributed by atoms with Crippen molar-refractivity contribution >= 4 is 33.0 Å². The normalized spacial score (nSPS) is 23.8. The van der Waals surface area contributed by atoms with Crippen LogP contribution in [0.25, 0.3) is 10.1 Å². The molecule has 2 aromatic rings. The van der Waals surface area contributed by atoms with Crippen LogP contribution in [-0.2, 0) is 6.54 Å². The summed E-state index contributed by atoms with van der Waals surface area (Å²) >= 11 is 7.93. The third kappa shape index (κ3) is 2.96. The van der Waals surface area contributed by atoms with E-state index in [0.717, 1.165) is 12.4 Å². The van der Waals surface area contributed by atoms with Crippen molar-refractivity contribution < 1.29 is 0 Å². The Hall–Kier alpha value is -0.570. The molecular weight excluding hydrogens is 274 g/mol. The first-order chi connectivity index (χ1) is 9.38. The molecule has 0 spiro atoms. The lowest BCUT2D eigenvalue weighted by Crippen LogP contribution is -2.38. The van der Waals surface area contributed by atoms with Gasteiger partial charge in [0.15, 0.2) is 0 Å². The van der Waals surface area contributed by atoms with Crippen molar-refractivity contribution in [3.05, 3.63) is 35.2 Å². The van der Waals surface area contributed by atoms with Crippen LogP contribution in [0.3, 0.4) is 0 Å². The summed E-state index contributed by atoms with van der Waals surface area (Å²) < 4.78 is 1.39. The highest BCUT2D eigenvalue weighted by molar-refractivity contribution is 7.17. The highest BCUT2D eigenvalue weighted by Crippen LogP contribution is 2.28. The first-order valence-corrected chi connectivity index (χ1v) is 8.54. The van der Waals surface area contributed by atoms with Gasteiger partial charge in [-0.3, -0.25) is 0 Å². The van der Waals surface area contributed by atoms with Gasteiger partial charge in [-0.05, 0) is 41.2 Å². The van der Waals surface area contributed by atoms with Crippen LogP contribution in [0.15, 0.2) is 29.6 Å². The van der Waals surface area contributed by atoms with Crippen LogP contribution in [0.1, 0.15) is 31.2 Å². The summed E-state index contributed by atoms with van der Waals surface area (Å²) in [6.07, 6.45) is 5.25. The van der Waals surface area contributed by atoms with Crippen LogP contribution in [-0.4, -0.2) is 11.9 Å². The lowest BCUT2D eigenvalue weighted by atomic mass is 9.85. The minimum atomic E-state index is 0.602. The first kappa shape index (κ1) is 13.4. The Morgan fingerprint density at radius 2 is 2.05 bits per heavy atom. The van der Waals surface area contributed by atoms with Gasteiger partial charge in [-0.1, -0.05) is 31.0 Å². The summed E-state index contributed by atoms with van der Waals surface area (Å²) in [5.74, 6) is 1.45. The monoisotopic (exact) mass is 293 g/mol. The van der Waals surface area contributed by atoms with E-state index in [0.29, 0.717) is 12.0 Å². The Bertz CT molecular complexity index is 536. The summed E-state index contributed by atoms with van der Waals surface area (Å²) in [4.78, 5) is 0. The Labute approximate surface area is 124 Å². The van der Waals surface area contributed by atoms with Gasteiger partial charge in [0, 0.05) is 23.2 Å². The van der Waals surface area contributed by atoms with Gasteiger partial charge in [0.2, 0.25) is 0 Å². The van der Waals surface area contributed by atoms with Crippen molar-refractivity contribution in [2.24, 2.45) is 5.92 Å². The summed E-state index contributed by atoms with van der Waals surface area (Å²) in [5.41, 5.74) is 1.43. The Balaban J connectivity index is 1.68. The first-order valence-electron chi connectivity index (χ1n) is 7.13. The molecule has 3 heteroatoms. The summed E-state index contributed by atoms with van der Waals surface area (Å²) in [6, 6.07) is 9.26. The zero-order valence-electron chi connectivity index (χ0n) is 11.1. The smallest absolute Gasteiger partial charge is 0.0346 e. The molecule has 1 aliphatic carbocycles. The maximum Gasteiger partial charge on any atom is 0.0346 e. The molecule has 1 heterocycles. The highest BCUT2D eigenvalue weighted by atomic mass is 35.5. The maximum absolute atomic E-state index is 6.09. The third-order valence-corrected chi connectivity index (χ3v) is 5.63. The van der Waals surface area contributed by atoms with Crippen molar-refractivity contribution in [2.45, 2.75) is 38.3 Å². The van der Waals surface area contributed by atoms with Crippen molar-refractivity contribution in [3.8, 4) is 0 Å². The van der Waals surface area contributed by atoms with Crippen LogP contribution in [0.4, 0.5) is 0 Å². The van der Waals surface area contributed by atoms with E-state index < -0.39 is 0 Å². The molecule has 19 heavy (non-hydrogen) atoms. The quantitative estimate of drug-likeness (QED) is 0.799. The van der Waals surface area contributed by atoms with E-state index in [4.69, 9.17) is 11.6 Å². The van der Waals surface area contributed by atoms with Crippen LogP contribution >= 0.6 is 22.9 Å². The number of hydrogen-bond donors (Lipinski definition) is 1. The topological polar surface area (TPSA) is 12.0 Å². The van der Waals surface area contributed by atoms with Crippen molar-refractivity contribution in [2.75, 3.05) is 5.88 Å². The standard InChI is InChI=1S/C16H20ClNS/c17-9-12-5-1-3-7-15(12)18-10-13-11-19-16-8-4-2-6-14(13)16/h2,4,6,8,11-12,15,18H,1,3,5,7,9-10H2. The van der Waals surface area contributed by atoms with Crippen LogP contribution in [0.2, 0.25) is 0 Å². The van der Waals surface area contributed by atoms with Gasteiger partial charge in [0.25, 0.3) is 0 Å². The number of hydrogen-bond acceptors (Lipinski definition) is 2. The third-order valence-electron chi connectivity index (χ3n) is 4.22. The van der Waals surface area contributed by atoms with Gasteiger partial charge in [-0.15, -0.1) is 22.9 Å². The predicted molar refractivity (Wildman–Crippen MR) is 85.1 cm³/mol. The van der Waals surface area contributed by atoms with Gasteiger partial charge >= 0.3 is 0 Å². The van der Waals surface area contributed by atoms with Crippen LogP contribution in [0, 0.1) is 5.92 Å². The van der Waals surface area contributed by atoms with E-state index in [-0.39, 0.29) is 0 Å². The van der Waals surface area contributed by atoms with Gasteiger partial charge < -0.3 is 5.32 Å². The molecule has 3 rings (SSSR count). The fourth-order valence-electron chi connectivity index (χ4n) is 3.07. The molecular formula is C16H20ClNS. The lowest BCUT2D eigenvalue weighted by Gasteiger charge is -2.31. The highest BCUT2D eigenvalue weighted by Gasteiger charge is 2.23. The molecule has 2 atom stereocenters. The maximum atomic E-state index is 6.09. The molecule has 0 saturated heterocycles. The predicted octanol–water partition coefficient (Wildman–Crippen LogP) is 4.79. The zero-order chi connectivity index (χ0) is 13.1. The van der Waals surface area contributed by atoms with Gasteiger partial charge in [0.05, 0.1) is 0 Å². The number of halogens is 1. The Morgan fingerprint density at radius 3 is 2.95 bits per heavy atom. The van der Waals surface area contributed by atoms with Crippen LogP contribution < -0.4 is 5.32 Å². The molecule has 0 bridgehead atoms. The van der Waals surface area contributed by atoms with E-state index in [1.165, 1.54) is 41.3 Å². The average Bonchev–Trinajstić information content (AvgIpc) is 2.89. The SMILES string of the molecule is ClCC1CCCCC1NCc1csc2ccccc12. The minimum absolute atomic E-state index is 0.602. The summed E-state index contributed by atoms with van der Waals surface area (Å²) in [7, 11) is 0. The van der Waals surface area contributed by atoms with E-state index in [1.807, 2.05) is 11.3 Å². The van der Waals surface area contributed by atoms with E-state index in [2.05, 4.69) is 35.0 Å². The molecule has 2 unspecified atom stereocenters. The second-order valence-corrected chi connectivity index (χ2v) is 6.66. The molecule has 1 N–H and O–H groups in total. The van der Waals surface area contributed by atoms with Gasteiger partial charge in [0.1, 0.15) is 0 Å². The molecule has 1 fully saturated rings. The van der Waals surface area contributed by atoms with Crippen molar-refractivity contribution in [3.63, 3.8) is 0 Å². The molecule has 0 radical (unpaired) electrons. The number of alkyl halides is 1. The fourth-order valence-corrected chi connectivity index (χ4v) is 4.40. The second-order valence-electron chi connectivity index (χ2n) is 5.44. The molecule has 1 aromatic carbocycles. The van der Waals surface area contributed by atoms with E-state index >= 15 is 0 Å². The van der Waals surface area contributed by atoms with Crippen molar-refractivity contribution in [1.29, 1.82) is 0 Å². The Kier molecular flexibility index (Phi) is 4.42. The molecule has 1 aromatic heterocycles. The molecule has 1 nitrogen and oxygen atoms in total. The largest absolute Gasteiger partial charge is 0.310 e. The summed E-state index contributed by atoms with van der Waals surface area (Å²) in [6.45, 7) is 0.974. The van der Waals surface area contributed by atoms with Gasteiger partial charge in [-0.25, -0.2) is 0 Å². The lowest BCUT2D eigenvalue weighted by molar-refractivity contribution is 0.283. The Morgan fingerprint density at radius 1 is 1.21 bits per heavy atom. The number of benzene rings is 1. The number of rotatable bonds is 4. The zero-order valence-corrected chi connectivity index (χ0v) is 12.6.